The van der Waals surface area contributed by atoms with Crippen molar-refractivity contribution in [2.75, 3.05) is 44.3 Å². The molecule has 1 amide bonds. The van der Waals surface area contributed by atoms with E-state index in [4.69, 9.17) is 4.74 Å². The molecule has 0 atom stereocenters. The van der Waals surface area contributed by atoms with Crippen molar-refractivity contribution in [3.8, 4) is 5.75 Å². The third-order valence-corrected chi connectivity index (χ3v) is 5.51. The van der Waals surface area contributed by atoms with Crippen molar-refractivity contribution in [1.29, 1.82) is 0 Å². The van der Waals surface area contributed by atoms with Gasteiger partial charge >= 0.3 is 0 Å². The van der Waals surface area contributed by atoms with E-state index in [1.165, 1.54) is 0 Å². The van der Waals surface area contributed by atoms with Gasteiger partial charge in [-0.25, -0.2) is 9.97 Å². The first kappa shape index (κ1) is 18.7. The molecule has 1 N–H and O–H groups in total. The molecule has 4 rings (SSSR count). The zero-order chi connectivity index (χ0) is 19.5. The van der Waals surface area contributed by atoms with E-state index in [1.807, 2.05) is 11.8 Å². The van der Waals surface area contributed by atoms with E-state index in [2.05, 4.69) is 20.9 Å². The van der Waals surface area contributed by atoms with Gasteiger partial charge in [0.1, 0.15) is 17.4 Å². The molecule has 2 saturated heterocycles. The number of hydrogen-bond acceptors (Lipinski definition) is 6. The van der Waals surface area contributed by atoms with Gasteiger partial charge < -0.3 is 19.6 Å². The summed E-state index contributed by atoms with van der Waals surface area (Å²) >= 11 is 0. The standard InChI is InChI=1S/C21H26N4O3/c1-15-22-18(14-20(23-15)24-10-12-28-13-11-24)16-6-8-25(9-7-16)21(27)17-4-2-3-5-19(17)26/h2-5,14,16,26H,6-13H2,1H3. The number of aryl methyl sites for hydroxylation is 1. The molecule has 148 valence electrons. The lowest BCUT2D eigenvalue weighted by Crippen LogP contribution is -2.38. The van der Waals surface area contributed by atoms with Gasteiger partial charge in [-0.2, -0.15) is 0 Å². The zero-order valence-corrected chi connectivity index (χ0v) is 16.2. The summed E-state index contributed by atoms with van der Waals surface area (Å²) in [5.74, 6) is 2.00. The minimum absolute atomic E-state index is 0.0381. The summed E-state index contributed by atoms with van der Waals surface area (Å²) < 4.78 is 5.44. The van der Waals surface area contributed by atoms with Crippen LogP contribution in [0.4, 0.5) is 5.82 Å². The van der Waals surface area contributed by atoms with Gasteiger partial charge in [-0.15, -0.1) is 0 Å². The van der Waals surface area contributed by atoms with Gasteiger partial charge in [-0.05, 0) is 31.9 Å². The van der Waals surface area contributed by atoms with E-state index in [9.17, 15) is 9.90 Å². The molecule has 7 heteroatoms. The van der Waals surface area contributed by atoms with Crippen LogP contribution in [0.5, 0.6) is 5.75 Å². The number of aromatic nitrogens is 2. The van der Waals surface area contributed by atoms with Gasteiger partial charge in [0.05, 0.1) is 18.8 Å². The summed E-state index contributed by atoms with van der Waals surface area (Å²) in [7, 11) is 0. The van der Waals surface area contributed by atoms with Crippen molar-refractivity contribution < 1.29 is 14.6 Å². The number of phenolic OH excluding ortho intramolecular Hbond substituents is 1. The highest BCUT2D eigenvalue weighted by molar-refractivity contribution is 5.96. The Kier molecular flexibility index (Phi) is 5.43. The number of carbonyl (C=O) groups excluding carboxylic acids is 1. The molecule has 0 unspecified atom stereocenters. The maximum absolute atomic E-state index is 12.7. The molecule has 0 bridgehead atoms. The predicted molar refractivity (Wildman–Crippen MR) is 106 cm³/mol. The number of aromatic hydroxyl groups is 1. The van der Waals surface area contributed by atoms with Crippen molar-refractivity contribution in [1.82, 2.24) is 14.9 Å². The third kappa shape index (κ3) is 3.94. The number of phenols is 1. The first-order chi connectivity index (χ1) is 13.6. The number of amides is 1. The Hall–Kier alpha value is -2.67. The van der Waals surface area contributed by atoms with Crippen LogP contribution in [0.25, 0.3) is 0 Å². The molecule has 2 aliphatic heterocycles. The van der Waals surface area contributed by atoms with Gasteiger partial charge in [-0.3, -0.25) is 4.79 Å². The Morgan fingerprint density at radius 1 is 1.11 bits per heavy atom. The molecular formula is C21H26N4O3. The van der Waals surface area contributed by atoms with Gasteiger partial charge in [0.2, 0.25) is 0 Å². The number of piperidine rings is 1. The third-order valence-electron chi connectivity index (χ3n) is 5.51. The second-order valence-corrected chi connectivity index (χ2v) is 7.38. The first-order valence-electron chi connectivity index (χ1n) is 9.87. The number of benzene rings is 1. The van der Waals surface area contributed by atoms with Crippen LogP contribution in [0, 0.1) is 6.92 Å². The van der Waals surface area contributed by atoms with Crippen molar-refractivity contribution >= 4 is 11.7 Å². The molecule has 1 aromatic heterocycles. The Bertz CT molecular complexity index is 843. The number of carbonyl (C=O) groups is 1. The highest BCUT2D eigenvalue weighted by atomic mass is 16.5. The van der Waals surface area contributed by atoms with Crippen LogP contribution in [0.3, 0.4) is 0 Å². The fraction of sp³-hybridized carbons (Fsp3) is 0.476. The number of nitrogens with zero attached hydrogens (tertiary/aromatic N) is 4. The van der Waals surface area contributed by atoms with E-state index >= 15 is 0 Å². The smallest absolute Gasteiger partial charge is 0.257 e. The van der Waals surface area contributed by atoms with Crippen molar-refractivity contribution in [3.63, 3.8) is 0 Å². The Balaban J connectivity index is 1.44. The van der Waals surface area contributed by atoms with Crippen LogP contribution < -0.4 is 4.90 Å². The Morgan fingerprint density at radius 3 is 2.54 bits per heavy atom. The number of para-hydroxylation sites is 1. The molecule has 1 aromatic carbocycles. The lowest BCUT2D eigenvalue weighted by atomic mass is 9.92. The minimum Gasteiger partial charge on any atom is -0.507 e. The lowest BCUT2D eigenvalue weighted by molar-refractivity contribution is 0.0709. The quantitative estimate of drug-likeness (QED) is 0.878. The topological polar surface area (TPSA) is 78.8 Å². The van der Waals surface area contributed by atoms with E-state index in [1.54, 1.807) is 24.3 Å². The average Bonchev–Trinajstić information content (AvgIpc) is 2.74. The fourth-order valence-electron chi connectivity index (χ4n) is 3.94. The Labute approximate surface area is 165 Å². The summed E-state index contributed by atoms with van der Waals surface area (Å²) in [5, 5.41) is 9.95. The molecule has 28 heavy (non-hydrogen) atoms. The molecule has 0 saturated carbocycles. The summed E-state index contributed by atoms with van der Waals surface area (Å²) in [6.07, 6.45) is 1.72. The van der Waals surface area contributed by atoms with Crippen molar-refractivity contribution in [3.05, 3.63) is 47.4 Å². The highest BCUT2D eigenvalue weighted by Gasteiger charge is 2.27. The summed E-state index contributed by atoms with van der Waals surface area (Å²) in [6.45, 7) is 6.41. The van der Waals surface area contributed by atoms with Gasteiger partial charge in [0.25, 0.3) is 5.91 Å². The number of ether oxygens (including phenoxy) is 1. The first-order valence-corrected chi connectivity index (χ1v) is 9.87. The minimum atomic E-state index is -0.107. The average molecular weight is 382 g/mol. The monoisotopic (exact) mass is 382 g/mol. The zero-order valence-electron chi connectivity index (χ0n) is 16.2. The summed E-state index contributed by atoms with van der Waals surface area (Å²) in [6, 6.07) is 8.82. The molecule has 0 spiro atoms. The van der Waals surface area contributed by atoms with Crippen molar-refractivity contribution in [2.24, 2.45) is 0 Å². The van der Waals surface area contributed by atoms with E-state index in [0.717, 1.165) is 56.5 Å². The highest BCUT2D eigenvalue weighted by Crippen LogP contribution is 2.30. The van der Waals surface area contributed by atoms with Gasteiger partial charge in [0.15, 0.2) is 0 Å². The van der Waals surface area contributed by atoms with Crippen LogP contribution in [0.15, 0.2) is 30.3 Å². The molecule has 3 heterocycles. The van der Waals surface area contributed by atoms with Crippen LogP contribution in [-0.2, 0) is 4.74 Å². The molecule has 2 aliphatic rings. The SMILES string of the molecule is Cc1nc(C2CCN(C(=O)c3ccccc3O)CC2)cc(N2CCOCC2)n1. The van der Waals surface area contributed by atoms with Crippen LogP contribution in [0.1, 0.15) is 40.6 Å². The number of anilines is 1. The molecular weight excluding hydrogens is 356 g/mol. The summed E-state index contributed by atoms with van der Waals surface area (Å²) in [5.41, 5.74) is 1.43. The van der Waals surface area contributed by atoms with E-state index < -0.39 is 0 Å². The number of likely N-dealkylation sites (tertiary alicyclic amines) is 1. The second-order valence-electron chi connectivity index (χ2n) is 7.38. The lowest BCUT2D eigenvalue weighted by Gasteiger charge is -2.33. The molecule has 0 radical (unpaired) electrons. The largest absolute Gasteiger partial charge is 0.507 e. The molecule has 2 fully saturated rings. The fourth-order valence-corrected chi connectivity index (χ4v) is 3.94. The van der Waals surface area contributed by atoms with Gasteiger partial charge in [-0.1, -0.05) is 12.1 Å². The maximum Gasteiger partial charge on any atom is 0.257 e. The van der Waals surface area contributed by atoms with Crippen LogP contribution in [-0.4, -0.2) is 65.3 Å². The maximum atomic E-state index is 12.7. The van der Waals surface area contributed by atoms with E-state index in [0.29, 0.717) is 24.6 Å². The number of morpholine rings is 1. The van der Waals surface area contributed by atoms with Crippen molar-refractivity contribution in [2.45, 2.75) is 25.7 Å². The molecule has 0 aliphatic carbocycles. The second kappa shape index (κ2) is 8.14. The number of hydrogen-bond donors (Lipinski definition) is 1. The number of rotatable bonds is 3. The van der Waals surface area contributed by atoms with Gasteiger partial charge in [0, 0.05) is 43.9 Å². The molecule has 2 aromatic rings. The normalized spacial score (nSPS) is 18.3. The summed E-state index contributed by atoms with van der Waals surface area (Å²) in [4.78, 5) is 26.1. The van der Waals surface area contributed by atoms with Crippen LogP contribution in [0.2, 0.25) is 0 Å². The van der Waals surface area contributed by atoms with E-state index in [-0.39, 0.29) is 11.7 Å². The van der Waals surface area contributed by atoms with Crippen LogP contribution >= 0.6 is 0 Å². The molecule has 7 nitrogen and oxygen atoms in total. The predicted octanol–water partition coefficient (Wildman–Crippen LogP) is 2.35. The Morgan fingerprint density at radius 2 is 1.82 bits per heavy atom.